The Morgan fingerprint density at radius 3 is 2.43 bits per heavy atom. The van der Waals surface area contributed by atoms with E-state index >= 15 is 0 Å². The SMILES string of the molecule is CC(Nc1ncc(C(=O)NC2CCCC2)cn1)c1ccccc1. The molecule has 1 atom stereocenters. The van der Waals surface area contributed by atoms with E-state index in [2.05, 4.69) is 39.7 Å². The third kappa shape index (κ3) is 4.06. The maximum absolute atomic E-state index is 12.1. The van der Waals surface area contributed by atoms with Crippen LogP contribution in [0.25, 0.3) is 0 Å². The van der Waals surface area contributed by atoms with Crippen LogP contribution < -0.4 is 10.6 Å². The van der Waals surface area contributed by atoms with Crippen molar-refractivity contribution in [1.82, 2.24) is 15.3 Å². The zero-order valence-electron chi connectivity index (χ0n) is 13.3. The van der Waals surface area contributed by atoms with Crippen molar-refractivity contribution in [1.29, 1.82) is 0 Å². The molecule has 1 amide bonds. The molecular weight excluding hydrogens is 288 g/mol. The summed E-state index contributed by atoms with van der Waals surface area (Å²) in [4.78, 5) is 20.7. The lowest BCUT2D eigenvalue weighted by Gasteiger charge is -2.14. The lowest BCUT2D eigenvalue weighted by Crippen LogP contribution is -2.32. The van der Waals surface area contributed by atoms with Crippen LogP contribution in [-0.4, -0.2) is 21.9 Å². The monoisotopic (exact) mass is 310 g/mol. The minimum atomic E-state index is -0.0837. The van der Waals surface area contributed by atoms with Crippen molar-refractivity contribution in [3.05, 3.63) is 53.9 Å². The average molecular weight is 310 g/mol. The summed E-state index contributed by atoms with van der Waals surface area (Å²) >= 11 is 0. The standard InChI is InChI=1S/C18H22N4O/c1-13(14-7-3-2-4-8-14)21-18-19-11-15(12-20-18)17(23)22-16-9-5-6-10-16/h2-4,7-8,11-13,16H,5-6,9-10H2,1H3,(H,22,23)(H,19,20,21). The van der Waals surface area contributed by atoms with E-state index < -0.39 is 0 Å². The van der Waals surface area contributed by atoms with Crippen LogP contribution in [0.2, 0.25) is 0 Å². The van der Waals surface area contributed by atoms with Crippen LogP contribution in [0.1, 0.15) is 54.6 Å². The van der Waals surface area contributed by atoms with Crippen LogP contribution in [-0.2, 0) is 0 Å². The third-order valence-electron chi connectivity index (χ3n) is 4.25. The number of hydrogen-bond acceptors (Lipinski definition) is 4. The van der Waals surface area contributed by atoms with Gasteiger partial charge in [0.1, 0.15) is 0 Å². The molecule has 1 aromatic carbocycles. The van der Waals surface area contributed by atoms with Crippen molar-refractivity contribution in [2.45, 2.75) is 44.7 Å². The predicted molar refractivity (Wildman–Crippen MR) is 90.2 cm³/mol. The number of nitrogens with zero attached hydrogens (tertiary/aromatic N) is 2. The smallest absolute Gasteiger partial charge is 0.254 e. The molecule has 1 aliphatic rings. The molecule has 1 aliphatic carbocycles. The Labute approximate surface area is 136 Å². The van der Waals surface area contributed by atoms with Crippen molar-refractivity contribution in [3.63, 3.8) is 0 Å². The molecule has 120 valence electrons. The van der Waals surface area contributed by atoms with Gasteiger partial charge >= 0.3 is 0 Å². The van der Waals surface area contributed by atoms with Crippen molar-refractivity contribution in [2.24, 2.45) is 0 Å². The van der Waals surface area contributed by atoms with Crippen LogP contribution >= 0.6 is 0 Å². The summed E-state index contributed by atoms with van der Waals surface area (Å²) in [6.45, 7) is 2.05. The van der Waals surface area contributed by atoms with E-state index in [4.69, 9.17) is 0 Å². The molecule has 0 spiro atoms. The van der Waals surface area contributed by atoms with E-state index in [9.17, 15) is 4.79 Å². The average Bonchev–Trinajstić information content (AvgIpc) is 3.09. The predicted octanol–water partition coefficient (Wildman–Crippen LogP) is 3.32. The summed E-state index contributed by atoms with van der Waals surface area (Å²) in [6.07, 6.45) is 7.69. The quantitative estimate of drug-likeness (QED) is 0.889. The number of amides is 1. The molecule has 2 aromatic rings. The summed E-state index contributed by atoms with van der Waals surface area (Å²) in [5.74, 6) is 0.443. The van der Waals surface area contributed by atoms with E-state index in [0.29, 0.717) is 17.6 Å². The first-order chi connectivity index (χ1) is 11.2. The molecule has 1 saturated carbocycles. The Bertz CT molecular complexity index is 636. The normalized spacial score (nSPS) is 16.0. The van der Waals surface area contributed by atoms with Gasteiger partial charge in [-0.1, -0.05) is 43.2 Å². The fraction of sp³-hybridized carbons (Fsp3) is 0.389. The Kier molecular flexibility index (Phi) is 4.86. The summed E-state index contributed by atoms with van der Waals surface area (Å²) in [5.41, 5.74) is 1.67. The molecule has 0 aliphatic heterocycles. The van der Waals surface area contributed by atoms with Gasteiger partial charge < -0.3 is 10.6 Å². The Morgan fingerprint density at radius 2 is 1.78 bits per heavy atom. The highest BCUT2D eigenvalue weighted by molar-refractivity contribution is 5.93. The molecule has 1 unspecified atom stereocenters. The fourth-order valence-electron chi connectivity index (χ4n) is 2.88. The maximum atomic E-state index is 12.1. The van der Waals surface area contributed by atoms with E-state index in [1.54, 1.807) is 12.4 Å². The van der Waals surface area contributed by atoms with Gasteiger partial charge in [-0.2, -0.15) is 0 Å². The van der Waals surface area contributed by atoms with Gasteiger partial charge in [0.15, 0.2) is 0 Å². The largest absolute Gasteiger partial charge is 0.349 e. The second-order valence-electron chi connectivity index (χ2n) is 6.03. The van der Waals surface area contributed by atoms with E-state index in [1.807, 2.05) is 18.2 Å². The van der Waals surface area contributed by atoms with E-state index in [1.165, 1.54) is 18.4 Å². The van der Waals surface area contributed by atoms with Gasteiger partial charge in [0.05, 0.1) is 11.6 Å². The molecule has 23 heavy (non-hydrogen) atoms. The number of hydrogen-bond donors (Lipinski definition) is 2. The molecule has 5 nitrogen and oxygen atoms in total. The first kappa shape index (κ1) is 15.5. The topological polar surface area (TPSA) is 66.9 Å². The molecular formula is C18H22N4O. The second kappa shape index (κ2) is 7.22. The Hall–Kier alpha value is -2.43. The number of carbonyl (C=O) groups excluding carboxylic acids is 1. The van der Waals surface area contributed by atoms with Crippen molar-refractivity contribution < 1.29 is 4.79 Å². The summed E-state index contributed by atoms with van der Waals surface area (Å²) in [7, 11) is 0. The fourth-order valence-corrected chi connectivity index (χ4v) is 2.88. The van der Waals surface area contributed by atoms with Gasteiger partial charge in [-0.25, -0.2) is 9.97 Å². The van der Waals surface area contributed by atoms with E-state index in [0.717, 1.165) is 12.8 Å². The zero-order chi connectivity index (χ0) is 16.1. The number of rotatable bonds is 5. The van der Waals surface area contributed by atoms with Crippen LogP contribution in [0.4, 0.5) is 5.95 Å². The Morgan fingerprint density at radius 1 is 1.13 bits per heavy atom. The molecule has 0 bridgehead atoms. The lowest BCUT2D eigenvalue weighted by atomic mass is 10.1. The first-order valence-electron chi connectivity index (χ1n) is 8.17. The van der Waals surface area contributed by atoms with Gasteiger partial charge in [-0.05, 0) is 25.3 Å². The van der Waals surface area contributed by atoms with Crippen molar-refractivity contribution in [2.75, 3.05) is 5.32 Å². The number of carbonyl (C=O) groups is 1. The number of nitrogens with one attached hydrogen (secondary N) is 2. The van der Waals surface area contributed by atoms with Gasteiger partial charge in [0, 0.05) is 18.4 Å². The zero-order valence-corrected chi connectivity index (χ0v) is 13.3. The Balaban J connectivity index is 1.59. The highest BCUT2D eigenvalue weighted by atomic mass is 16.1. The van der Waals surface area contributed by atoms with Crippen LogP contribution in [0.3, 0.4) is 0 Å². The molecule has 1 heterocycles. The minimum absolute atomic E-state index is 0.0837. The van der Waals surface area contributed by atoms with Crippen LogP contribution in [0.5, 0.6) is 0 Å². The molecule has 5 heteroatoms. The molecule has 0 saturated heterocycles. The molecule has 0 radical (unpaired) electrons. The van der Waals surface area contributed by atoms with Crippen LogP contribution in [0, 0.1) is 0 Å². The second-order valence-corrected chi connectivity index (χ2v) is 6.03. The highest BCUT2D eigenvalue weighted by Gasteiger charge is 2.18. The van der Waals surface area contributed by atoms with Crippen molar-refractivity contribution in [3.8, 4) is 0 Å². The number of benzene rings is 1. The molecule has 1 aromatic heterocycles. The lowest BCUT2D eigenvalue weighted by molar-refractivity contribution is 0.0937. The summed E-state index contributed by atoms with van der Waals surface area (Å²) in [6, 6.07) is 10.5. The highest BCUT2D eigenvalue weighted by Crippen LogP contribution is 2.18. The maximum Gasteiger partial charge on any atom is 0.254 e. The number of aromatic nitrogens is 2. The molecule has 3 rings (SSSR count). The third-order valence-corrected chi connectivity index (χ3v) is 4.25. The first-order valence-corrected chi connectivity index (χ1v) is 8.17. The van der Waals surface area contributed by atoms with Gasteiger partial charge in [0.25, 0.3) is 5.91 Å². The van der Waals surface area contributed by atoms with Gasteiger partial charge in [0.2, 0.25) is 5.95 Å². The minimum Gasteiger partial charge on any atom is -0.349 e. The molecule has 1 fully saturated rings. The van der Waals surface area contributed by atoms with Crippen LogP contribution in [0.15, 0.2) is 42.7 Å². The summed E-state index contributed by atoms with van der Waals surface area (Å²) < 4.78 is 0. The summed E-state index contributed by atoms with van der Waals surface area (Å²) in [5, 5.41) is 6.29. The van der Waals surface area contributed by atoms with Gasteiger partial charge in [-0.3, -0.25) is 4.79 Å². The number of anilines is 1. The van der Waals surface area contributed by atoms with E-state index in [-0.39, 0.29) is 11.9 Å². The molecule has 2 N–H and O–H groups in total. The van der Waals surface area contributed by atoms with Crippen molar-refractivity contribution >= 4 is 11.9 Å². The van der Waals surface area contributed by atoms with Gasteiger partial charge in [-0.15, -0.1) is 0 Å².